The molecule has 0 aromatic rings. The van der Waals surface area contributed by atoms with Gasteiger partial charge < -0.3 is 20.1 Å². The molecule has 0 spiro atoms. The molecule has 0 saturated carbocycles. The van der Waals surface area contributed by atoms with Crippen LogP contribution in [0.25, 0.3) is 0 Å². The highest BCUT2D eigenvalue weighted by atomic mass is 16.6. The van der Waals surface area contributed by atoms with Crippen LogP contribution in [-0.4, -0.2) is 53.3 Å². The molecule has 2 amide bonds. The van der Waals surface area contributed by atoms with Crippen LogP contribution in [-0.2, 0) is 9.53 Å². The van der Waals surface area contributed by atoms with Crippen LogP contribution in [0.4, 0.5) is 4.79 Å². The lowest BCUT2D eigenvalue weighted by molar-refractivity contribution is -0.135. The molecule has 6 heteroatoms. The molecule has 1 unspecified atom stereocenters. The maximum absolute atomic E-state index is 12.4. The zero-order valence-corrected chi connectivity index (χ0v) is 13.5. The van der Waals surface area contributed by atoms with Crippen molar-refractivity contribution in [3.63, 3.8) is 0 Å². The number of rotatable bonds is 4. The fourth-order valence-corrected chi connectivity index (χ4v) is 2.29. The van der Waals surface area contributed by atoms with Crippen LogP contribution < -0.4 is 5.32 Å². The molecule has 0 radical (unpaired) electrons. The number of alkyl carbamates (subject to hydrolysis) is 1. The summed E-state index contributed by atoms with van der Waals surface area (Å²) in [5.74, 6) is 0.492. The Labute approximate surface area is 126 Å². The molecule has 1 heterocycles. The quantitative estimate of drug-likeness (QED) is 0.825. The Morgan fingerprint density at radius 2 is 1.90 bits per heavy atom. The van der Waals surface area contributed by atoms with Gasteiger partial charge in [0.25, 0.3) is 0 Å². The van der Waals surface area contributed by atoms with Crippen molar-refractivity contribution in [1.29, 1.82) is 0 Å². The highest BCUT2D eigenvalue weighted by Gasteiger charge is 2.29. The van der Waals surface area contributed by atoms with Gasteiger partial charge in [0.1, 0.15) is 11.6 Å². The van der Waals surface area contributed by atoms with Crippen LogP contribution in [0.5, 0.6) is 0 Å². The summed E-state index contributed by atoms with van der Waals surface area (Å²) in [6.45, 7) is 8.72. The Morgan fingerprint density at radius 3 is 2.38 bits per heavy atom. The van der Waals surface area contributed by atoms with E-state index in [-0.39, 0.29) is 18.9 Å². The van der Waals surface area contributed by atoms with Crippen molar-refractivity contribution < 1.29 is 19.4 Å². The number of nitrogens with zero attached hydrogens (tertiary/aromatic N) is 1. The number of aliphatic hydroxyl groups excluding tert-OH is 1. The second-order valence-corrected chi connectivity index (χ2v) is 6.72. The number of likely N-dealkylation sites (tertiary alicyclic amines) is 1. The molecule has 0 aromatic heterocycles. The average molecular weight is 300 g/mol. The standard InChI is InChI=1S/C15H28N2O4/c1-11-5-8-17(9-6-11)13(19)12(7-10-18)16-14(20)21-15(2,3)4/h11-12,18H,5-10H2,1-4H3,(H,16,20). The van der Waals surface area contributed by atoms with Gasteiger partial charge >= 0.3 is 6.09 Å². The lowest BCUT2D eigenvalue weighted by Crippen LogP contribution is -2.51. The largest absolute Gasteiger partial charge is 0.444 e. The topological polar surface area (TPSA) is 78.9 Å². The lowest BCUT2D eigenvalue weighted by Gasteiger charge is -2.33. The van der Waals surface area contributed by atoms with E-state index in [0.29, 0.717) is 19.0 Å². The summed E-state index contributed by atoms with van der Waals surface area (Å²) < 4.78 is 5.17. The SMILES string of the molecule is CC1CCN(C(=O)C(CCO)NC(=O)OC(C)(C)C)CC1. The zero-order chi connectivity index (χ0) is 16.0. The van der Waals surface area contributed by atoms with Gasteiger partial charge in [-0.25, -0.2) is 4.79 Å². The summed E-state index contributed by atoms with van der Waals surface area (Å²) in [4.78, 5) is 26.0. The first-order valence-electron chi connectivity index (χ1n) is 7.62. The highest BCUT2D eigenvalue weighted by molar-refractivity contribution is 5.85. The van der Waals surface area contributed by atoms with E-state index in [9.17, 15) is 9.59 Å². The molecule has 0 aliphatic carbocycles. The maximum Gasteiger partial charge on any atom is 0.408 e. The summed E-state index contributed by atoms with van der Waals surface area (Å²) in [5.41, 5.74) is -0.614. The predicted molar refractivity (Wildman–Crippen MR) is 79.8 cm³/mol. The van der Waals surface area contributed by atoms with Gasteiger partial charge in [-0.15, -0.1) is 0 Å². The van der Waals surface area contributed by atoms with E-state index >= 15 is 0 Å². The van der Waals surface area contributed by atoms with Gasteiger partial charge in [-0.2, -0.15) is 0 Å². The Balaban J connectivity index is 2.59. The fraction of sp³-hybridized carbons (Fsp3) is 0.867. The molecule has 1 rings (SSSR count). The number of nitrogens with one attached hydrogen (secondary N) is 1. The van der Waals surface area contributed by atoms with E-state index in [0.717, 1.165) is 12.8 Å². The van der Waals surface area contributed by atoms with Crippen molar-refractivity contribution >= 4 is 12.0 Å². The van der Waals surface area contributed by atoms with Crippen LogP contribution in [0, 0.1) is 5.92 Å². The molecule has 0 bridgehead atoms. The number of aliphatic hydroxyl groups is 1. The summed E-state index contributed by atoms with van der Waals surface area (Å²) in [5, 5.41) is 11.7. The number of amides is 2. The highest BCUT2D eigenvalue weighted by Crippen LogP contribution is 2.17. The number of ether oxygens (including phenoxy) is 1. The first-order chi connectivity index (χ1) is 9.73. The number of piperidine rings is 1. The monoisotopic (exact) mass is 300 g/mol. The summed E-state index contributed by atoms with van der Waals surface area (Å²) in [6, 6.07) is -0.724. The Hall–Kier alpha value is -1.30. The second kappa shape index (κ2) is 7.64. The van der Waals surface area contributed by atoms with Gasteiger partial charge in [-0.3, -0.25) is 4.79 Å². The first-order valence-corrected chi connectivity index (χ1v) is 7.62. The Bertz CT molecular complexity index is 357. The zero-order valence-electron chi connectivity index (χ0n) is 13.5. The van der Waals surface area contributed by atoms with Crippen LogP contribution >= 0.6 is 0 Å². The Kier molecular flexibility index (Phi) is 6.45. The molecule has 1 fully saturated rings. The average Bonchev–Trinajstić information content (AvgIpc) is 2.36. The number of carbonyl (C=O) groups excluding carboxylic acids is 2. The third-order valence-corrected chi connectivity index (χ3v) is 3.50. The van der Waals surface area contributed by atoms with Crippen molar-refractivity contribution in [2.75, 3.05) is 19.7 Å². The van der Waals surface area contributed by atoms with Crippen LogP contribution in [0.1, 0.15) is 47.0 Å². The minimum absolute atomic E-state index is 0.137. The van der Waals surface area contributed by atoms with Gasteiger partial charge in [0.2, 0.25) is 5.91 Å². The maximum atomic E-state index is 12.4. The fourth-order valence-electron chi connectivity index (χ4n) is 2.29. The number of carbonyl (C=O) groups is 2. The van der Waals surface area contributed by atoms with Crippen molar-refractivity contribution in [2.45, 2.75) is 58.6 Å². The van der Waals surface area contributed by atoms with E-state index in [1.54, 1.807) is 25.7 Å². The molecular formula is C15H28N2O4. The third-order valence-electron chi connectivity index (χ3n) is 3.50. The van der Waals surface area contributed by atoms with Gasteiger partial charge in [0.15, 0.2) is 0 Å². The molecule has 0 aromatic carbocycles. The second-order valence-electron chi connectivity index (χ2n) is 6.72. The van der Waals surface area contributed by atoms with E-state index in [1.165, 1.54) is 0 Å². The molecule has 2 N–H and O–H groups in total. The van der Waals surface area contributed by atoms with Gasteiger partial charge in [0, 0.05) is 19.7 Å². The smallest absolute Gasteiger partial charge is 0.408 e. The van der Waals surface area contributed by atoms with E-state index in [1.807, 2.05) is 0 Å². The number of hydrogen-bond donors (Lipinski definition) is 2. The van der Waals surface area contributed by atoms with Crippen molar-refractivity contribution in [3.8, 4) is 0 Å². The molecule has 21 heavy (non-hydrogen) atoms. The van der Waals surface area contributed by atoms with Crippen LogP contribution in [0.15, 0.2) is 0 Å². The third kappa shape index (κ3) is 6.33. The minimum atomic E-state index is -0.724. The van der Waals surface area contributed by atoms with Crippen LogP contribution in [0.2, 0.25) is 0 Å². The molecule has 1 aliphatic heterocycles. The normalized spacial score (nSPS) is 18.2. The number of hydrogen-bond acceptors (Lipinski definition) is 4. The van der Waals surface area contributed by atoms with E-state index < -0.39 is 17.7 Å². The van der Waals surface area contributed by atoms with Crippen molar-refractivity contribution in [1.82, 2.24) is 10.2 Å². The molecule has 1 aliphatic rings. The predicted octanol–water partition coefficient (Wildman–Crippen LogP) is 1.52. The summed E-state index contributed by atoms with van der Waals surface area (Å²) in [6.07, 6.45) is 1.53. The van der Waals surface area contributed by atoms with Crippen molar-refractivity contribution in [3.05, 3.63) is 0 Å². The molecule has 1 saturated heterocycles. The molecule has 6 nitrogen and oxygen atoms in total. The summed E-state index contributed by atoms with van der Waals surface area (Å²) >= 11 is 0. The molecule has 122 valence electrons. The molecular weight excluding hydrogens is 272 g/mol. The first kappa shape index (κ1) is 17.8. The molecule has 1 atom stereocenters. The van der Waals surface area contributed by atoms with E-state index in [4.69, 9.17) is 9.84 Å². The van der Waals surface area contributed by atoms with Crippen molar-refractivity contribution in [2.24, 2.45) is 5.92 Å². The van der Waals surface area contributed by atoms with Crippen LogP contribution in [0.3, 0.4) is 0 Å². The van der Waals surface area contributed by atoms with Gasteiger partial charge in [-0.1, -0.05) is 6.92 Å². The lowest BCUT2D eigenvalue weighted by atomic mass is 9.98. The van der Waals surface area contributed by atoms with Gasteiger partial charge in [0.05, 0.1) is 0 Å². The Morgan fingerprint density at radius 1 is 1.33 bits per heavy atom. The van der Waals surface area contributed by atoms with Gasteiger partial charge in [-0.05, 0) is 46.0 Å². The summed E-state index contributed by atoms with van der Waals surface area (Å²) in [7, 11) is 0. The minimum Gasteiger partial charge on any atom is -0.444 e. The van der Waals surface area contributed by atoms with E-state index in [2.05, 4.69) is 12.2 Å².